The van der Waals surface area contributed by atoms with E-state index in [1.807, 2.05) is 7.05 Å². The molecule has 0 aliphatic heterocycles. The molecule has 0 saturated heterocycles. The zero-order valence-corrected chi connectivity index (χ0v) is 7.20. The average molecular weight is 154 g/mol. The van der Waals surface area contributed by atoms with Gasteiger partial charge in [-0.3, -0.25) is 0 Å². The van der Waals surface area contributed by atoms with Gasteiger partial charge in [0, 0.05) is 19.6 Å². The summed E-state index contributed by atoms with van der Waals surface area (Å²) in [4.78, 5) is 1.57. The molecule has 4 nitrogen and oxygen atoms in total. The third kappa shape index (κ3) is 2.67. The number of aryl methyl sites for hydroxylation is 1. The smallest absolute Gasteiger partial charge is 0.0964 e. The SMILES string of the molecule is CC(C)NCc1cnn(C)n1. The Bertz CT molecular complexity index is 216. The molecule has 0 fully saturated rings. The maximum atomic E-state index is 4.13. The van der Waals surface area contributed by atoms with Crippen molar-refractivity contribution in [3.05, 3.63) is 11.9 Å². The molecule has 0 radical (unpaired) electrons. The van der Waals surface area contributed by atoms with Gasteiger partial charge in [0.15, 0.2) is 0 Å². The summed E-state index contributed by atoms with van der Waals surface area (Å²) in [5, 5.41) is 11.3. The second kappa shape index (κ2) is 3.48. The predicted molar refractivity (Wildman–Crippen MR) is 43.0 cm³/mol. The van der Waals surface area contributed by atoms with Crippen LogP contribution in [-0.4, -0.2) is 21.0 Å². The molecule has 0 saturated carbocycles. The first-order valence-electron chi connectivity index (χ1n) is 3.77. The fraction of sp³-hybridized carbons (Fsp3) is 0.714. The summed E-state index contributed by atoms with van der Waals surface area (Å²) >= 11 is 0. The van der Waals surface area contributed by atoms with Crippen molar-refractivity contribution in [3.63, 3.8) is 0 Å². The van der Waals surface area contributed by atoms with Gasteiger partial charge in [-0.1, -0.05) is 13.8 Å². The molecule has 4 heteroatoms. The van der Waals surface area contributed by atoms with E-state index >= 15 is 0 Å². The molecule has 0 amide bonds. The van der Waals surface area contributed by atoms with Gasteiger partial charge in [0.25, 0.3) is 0 Å². The lowest BCUT2D eigenvalue weighted by atomic mass is 10.4. The first-order valence-corrected chi connectivity index (χ1v) is 3.77. The van der Waals surface area contributed by atoms with E-state index in [1.165, 1.54) is 0 Å². The molecule has 0 aliphatic rings. The van der Waals surface area contributed by atoms with Gasteiger partial charge in [0.2, 0.25) is 0 Å². The van der Waals surface area contributed by atoms with Crippen LogP contribution in [0.1, 0.15) is 19.5 Å². The molecule has 1 aromatic rings. The van der Waals surface area contributed by atoms with E-state index < -0.39 is 0 Å². The molecular weight excluding hydrogens is 140 g/mol. The van der Waals surface area contributed by atoms with Crippen molar-refractivity contribution in [3.8, 4) is 0 Å². The minimum absolute atomic E-state index is 0.497. The van der Waals surface area contributed by atoms with Gasteiger partial charge in [-0.2, -0.15) is 15.0 Å². The molecule has 0 unspecified atom stereocenters. The highest BCUT2D eigenvalue weighted by molar-refractivity contribution is 4.90. The van der Waals surface area contributed by atoms with Crippen molar-refractivity contribution in [2.75, 3.05) is 0 Å². The van der Waals surface area contributed by atoms with Crippen LogP contribution in [0.2, 0.25) is 0 Å². The fourth-order valence-electron chi connectivity index (χ4n) is 0.777. The Morgan fingerprint density at radius 3 is 2.82 bits per heavy atom. The Morgan fingerprint density at radius 1 is 1.64 bits per heavy atom. The van der Waals surface area contributed by atoms with Gasteiger partial charge in [-0.05, 0) is 0 Å². The van der Waals surface area contributed by atoms with Gasteiger partial charge >= 0.3 is 0 Å². The predicted octanol–water partition coefficient (Wildman–Crippen LogP) is 0.313. The Kier molecular flexibility index (Phi) is 2.59. The molecule has 0 aliphatic carbocycles. The Labute approximate surface area is 66.6 Å². The second-order valence-electron chi connectivity index (χ2n) is 2.86. The van der Waals surface area contributed by atoms with E-state index in [9.17, 15) is 0 Å². The average Bonchev–Trinajstić information content (AvgIpc) is 2.31. The van der Waals surface area contributed by atoms with Gasteiger partial charge in [-0.25, -0.2) is 0 Å². The minimum atomic E-state index is 0.497. The Hall–Kier alpha value is -0.900. The summed E-state index contributed by atoms with van der Waals surface area (Å²) in [5.74, 6) is 0. The van der Waals surface area contributed by atoms with E-state index in [-0.39, 0.29) is 0 Å². The van der Waals surface area contributed by atoms with Crippen molar-refractivity contribution in [1.82, 2.24) is 20.3 Å². The normalized spacial score (nSPS) is 10.9. The molecule has 0 spiro atoms. The van der Waals surface area contributed by atoms with Crippen LogP contribution in [0.15, 0.2) is 6.20 Å². The molecule has 1 aromatic heterocycles. The quantitative estimate of drug-likeness (QED) is 0.681. The summed E-state index contributed by atoms with van der Waals surface area (Å²) in [6.07, 6.45) is 1.77. The third-order valence-corrected chi connectivity index (χ3v) is 1.34. The third-order valence-electron chi connectivity index (χ3n) is 1.34. The van der Waals surface area contributed by atoms with Crippen LogP contribution in [-0.2, 0) is 13.6 Å². The standard InChI is InChI=1S/C7H14N4/c1-6(2)8-4-7-5-9-11(3)10-7/h5-6,8H,4H2,1-3H3. The van der Waals surface area contributed by atoms with Crippen molar-refractivity contribution >= 4 is 0 Å². The zero-order chi connectivity index (χ0) is 8.27. The molecule has 1 heterocycles. The van der Waals surface area contributed by atoms with Gasteiger partial charge in [0.1, 0.15) is 0 Å². The van der Waals surface area contributed by atoms with Crippen LogP contribution in [0.3, 0.4) is 0 Å². The lowest BCUT2D eigenvalue weighted by Crippen LogP contribution is -2.22. The van der Waals surface area contributed by atoms with Crippen molar-refractivity contribution < 1.29 is 0 Å². The molecule has 0 atom stereocenters. The van der Waals surface area contributed by atoms with E-state index in [0.29, 0.717) is 6.04 Å². The number of nitrogens with zero attached hydrogens (tertiary/aromatic N) is 3. The first-order chi connectivity index (χ1) is 5.18. The summed E-state index contributed by atoms with van der Waals surface area (Å²) in [5.41, 5.74) is 0.987. The highest BCUT2D eigenvalue weighted by Gasteiger charge is 1.97. The maximum Gasteiger partial charge on any atom is 0.0964 e. The van der Waals surface area contributed by atoms with Gasteiger partial charge < -0.3 is 5.32 Å². The largest absolute Gasteiger partial charge is 0.309 e. The molecule has 0 aromatic carbocycles. The Balaban J connectivity index is 2.39. The number of aromatic nitrogens is 3. The van der Waals surface area contributed by atoms with Crippen LogP contribution in [0.5, 0.6) is 0 Å². The monoisotopic (exact) mass is 154 g/mol. The van der Waals surface area contributed by atoms with Crippen LogP contribution in [0.4, 0.5) is 0 Å². The second-order valence-corrected chi connectivity index (χ2v) is 2.86. The van der Waals surface area contributed by atoms with E-state index in [1.54, 1.807) is 11.0 Å². The van der Waals surface area contributed by atoms with Crippen molar-refractivity contribution in [2.24, 2.45) is 7.05 Å². The van der Waals surface area contributed by atoms with Gasteiger partial charge in [-0.15, -0.1) is 0 Å². The van der Waals surface area contributed by atoms with Crippen molar-refractivity contribution in [2.45, 2.75) is 26.4 Å². The molecule has 0 bridgehead atoms. The molecular formula is C7H14N4. The number of rotatable bonds is 3. The lowest BCUT2D eigenvalue weighted by Gasteiger charge is -2.03. The fourth-order valence-corrected chi connectivity index (χ4v) is 0.777. The molecule has 62 valence electrons. The highest BCUT2D eigenvalue weighted by Crippen LogP contribution is 1.90. The van der Waals surface area contributed by atoms with E-state index in [2.05, 4.69) is 29.4 Å². The van der Waals surface area contributed by atoms with Crippen LogP contribution in [0.25, 0.3) is 0 Å². The number of hydrogen-bond donors (Lipinski definition) is 1. The summed E-state index contributed by atoms with van der Waals surface area (Å²) in [6, 6.07) is 0.497. The minimum Gasteiger partial charge on any atom is -0.309 e. The first kappa shape index (κ1) is 8.20. The summed E-state index contributed by atoms with van der Waals surface area (Å²) < 4.78 is 0. The topological polar surface area (TPSA) is 42.7 Å². The number of hydrogen-bond acceptors (Lipinski definition) is 3. The maximum absolute atomic E-state index is 4.13. The van der Waals surface area contributed by atoms with Gasteiger partial charge in [0.05, 0.1) is 11.9 Å². The summed E-state index contributed by atoms with van der Waals surface area (Å²) in [6.45, 7) is 5.01. The summed E-state index contributed by atoms with van der Waals surface area (Å²) in [7, 11) is 1.82. The lowest BCUT2D eigenvalue weighted by molar-refractivity contribution is 0.570. The van der Waals surface area contributed by atoms with Crippen LogP contribution < -0.4 is 5.32 Å². The highest BCUT2D eigenvalue weighted by atomic mass is 15.4. The zero-order valence-electron chi connectivity index (χ0n) is 7.20. The molecule has 11 heavy (non-hydrogen) atoms. The molecule has 1 rings (SSSR count). The Morgan fingerprint density at radius 2 is 2.36 bits per heavy atom. The van der Waals surface area contributed by atoms with Crippen LogP contribution in [0, 0.1) is 0 Å². The van der Waals surface area contributed by atoms with E-state index in [4.69, 9.17) is 0 Å². The van der Waals surface area contributed by atoms with Crippen LogP contribution >= 0.6 is 0 Å². The molecule has 1 N–H and O–H groups in total. The van der Waals surface area contributed by atoms with Crippen molar-refractivity contribution in [1.29, 1.82) is 0 Å². The number of nitrogens with one attached hydrogen (secondary N) is 1. The van der Waals surface area contributed by atoms with E-state index in [0.717, 1.165) is 12.2 Å².